The van der Waals surface area contributed by atoms with Gasteiger partial charge in [-0.3, -0.25) is 0 Å². The predicted octanol–water partition coefficient (Wildman–Crippen LogP) is 5.20. The van der Waals surface area contributed by atoms with Crippen LogP contribution in [0.15, 0.2) is 34.1 Å². The average molecular weight is 363 g/mol. The summed E-state index contributed by atoms with van der Waals surface area (Å²) in [6, 6.07) is 7.09. The van der Waals surface area contributed by atoms with E-state index in [1.54, 1.807) is 23.5 Å². The molecule has 0 spiro atoms. The van der Waals surface area contributed by atoms with Gasteiger partial charge in [0.2, 0.25) is 0 Å². The van der Waals surface area contributed by atoms with E-state index >= 15 is 0 Å². The molecule has 1 atom stereocenters. The molecule has 1 N–H and O–H groups in total. The van der Waals surface area contributed by atoms with E-state index in [0.29, 0.717) is 0 Å². The Balaban J connectivity index is 2.24. The third-order valence-corrected chi connectivity index (χ3v) is 5.12. The van der Waals surface area contributed by atoms with E-state index in [4.69, 9.17) is 11.6 Å². The second kappa shape index (κ2) is 6.84. The first-order valence-electron chi connectivity index (χ1n) is 6.02. The first-order valence-corrected chi connectivity index (χ1v) is 8.07. The zero-order valence-corrected chi connectivity index (χ0v) is 13.6. The quantitative estimate of drug-likeness (QED) is 0.771. The van der Waals surface area contributed by atoms with Gasteiger partial charge < -0.3 is 5.32 Å². The molecule has 1 aromatic heterocycles. The summed E-state index contributed by atoms with van der Waals surface area (Å²) >= 11 is 11.1. The number of benzene rings is 1. The number of rotatable bonds is 5. The van der Waals surface area contributed by atoms with E-state index in [2.05, 4.69) is 33.6 Å². The van der Waals surface area contributed by atoms with Crippen LogP contribution in [-0.4, -0.2) is 6.54 Å². The second-order valence-corrected chi connectivity index (χ2v) is 6.44. The highest BCUT2D eigenvalue weighted by Gasteiger charge is 2.15. The summed E-state index contributed by atoms with van der Waals surface area (Å²) in [4.78, 5) is 1.27. The van der Waals surface area contributed by atoms with Crippen LogP contribution >= 0.6 is 38.9 Å². The standard InChI is InChI=1S/C14H14BrClFNS/c1-2-18-13(8-14-10(15)5-6-19-14)9-3-4-12(17)11(16)7-9/h3-7,13,18H,2,8H2,1H3. The second-order valence-electron chi connectivity index (χ2n) is 4.18. The maximum Gasteiger partial charge on any atom is 0.141 e. The van der Waals surface area contributed by atoms with Crippen molar-refractivity contribution in [3.05, 3.63) is 55.4 Å². The molecule has 1 nitrogen and oxygen atoms in total. The molecule has 0 aliphatic carbocycles. The van der Waals surface area contributed by atoms with Gasteiger partial charge in [-0.15, -0.1) is 11.3 Å². The molecule has 0 bridgehead atoms. The van der Waals surface area contributed by atoms with Crippen LogP contribution in [0.5, 0.6) is 0 Å². The van der Waals surface area contributed by atoms with E-state index < -0.39 is 0 Å². The molecule has 0 aliphatic rings. The first kappa shape index (κ1) is 15.0. The lowest BCUT2D eigenvalue weighted by Crippen LogP contribution is -2.22. The van der Waals surface area contributed by atoms with E-state index in [0.717, 1.165) is 23.0 Å². The van der Waals surface area contributed by atoms with Crippen molar-refractivity contribution in [3.8, 4) is 0 Å². The predicted molar refractivity (Wildman–Crippen MR) is 83.6 cm³/mol. The van der Waals surface area contributed by atoms with Crippen molar-refractivity contribution in [2.45, 2.75) is 19.4 Å². The number of halogens is 3. The Morgan fingerprint density at radius 1 is 1.42 bits per heavy atom. The zero-order chi connectivity index (χ0) is 13.8. The largest absolute Gasteiger partial charge is 0.310 e. The molecule has 0 amide bonds. The van der Waals surface area contributed by atoms with Crippen LogP contribution < -0.4 is 5.32 Å². The van der Waals surface area contributed by atoms with Gasteiger partial charge >= 0.3 is 0 Å². The lowest BCUT2D eigenvalue weighted by Gasteiger charge is -2.18. The maximum absolute atomic E-state index is 13.2. The molecule has 1 heterocycles. The van der Waals surface area contributed by atoms with E-state index in [1.165, 1.54) is 10.9 Å². The monoisotopic (exact) mass is 361 g/mol. The van der Waals surface area contributed by atoms with Crippen molar-refractivity contribution < 1.29 is 4.39 Å². The first-order chi connectivity index (χ1) is 9.11. The summed E-state index contributed by atoms with van der Waals surface area (Å²) in [6.45, 7) is 2.91. The minimum atomic E-state index is -0.377. The summed E-state index contributed by atoms with van der Waals surface area (Å²) in [5.74, 6) is -0.377. The number of hydrogen-bond acceptors (Lipinski definition) is 2. The fraction of sp³-hybridized carbons (Fsp3) is 0.286. The van der Waals surface area contributed by atoms with Gasteiger partial charge in [-0.2, -0.15) is 0 Å². The Labute approximate surface area is 129 Å². The molecule has 19 heavy (non-hydrogen) atoms. The van der Waals surface area contributed by atoms with Crippen molar-refractivity contribution >= 4 is 38.9 Å². The van der Waals surface area contributed by atoms with Crippen LogP contribution in [0.3, 0.4) is 0 Å². The van der Waals surface area contributed by atoms with Crippen molar-refractivity contribution in [1.29, 1.82) is 0 Å². The molecule has 0 fully saturated rings. The summed E-state index contributed by atoms with van der Waals surface area (Å²) in [7, 11) is 0. The van der Waals surface area contributed by atoms with Gasteiger partial charge in [0, 0.05) is 21.8 Å². The smallest absolute Gasteiger partial charge is 0.141 e. The van der Waals surface area contributed by atoms with Crippen LogP contribution in [0, 0.1) is 5.82 Å². The Morgan fingerprint density at radius 3 is 2.79 bits per heavy atom. The Kier molecular flexibility index (Phi) is 5.39. The highest BCUT2D eigenvalue weighted by molar-refractivity contribution is 9.10. The minimum Gasteiger partial charge on any atom is -0.310 e. The van der Waals surface area contributed by atoms with Gasteiger partial charge in [0.05, 0.1) is 5.02 Å². The summed E-state index contributed by atoms with van der Waals surface area (Å²) in [5, 5.41) is 5.64. The van der Waals surface area contributed by atoms with Gasteiger partial charge in [0.15, 0.2) is 0 Å². The van der Waals surface area contributed by atoms with Crippen LogP contribution in [-0.2, 0) is 6.42 Å². The zero-order valence-electron chi connectivity index (χ0n) is 10.4. The van der Waals surface area contributed by atoms with Gasteiger partial charge in [-0.1, -0.05) is 24.6 Å². The average Bonchev–Trinajstić information content (AvgIpc) is 2.78. The lowest BCUT2D eigenvalue weighted by atomic mass is 10.0. The molecule has 0 saturated heterocycles. The van der Waals surface area contributed by atoms with E-state index in [-0.39, 0.29) is 16.9 Å². The highest BCUT2D eigenvalue weighted by Crippen LogP contribution is 2.29. The van der Waals surface area contributed by atoms with Gasteiger partial charge in [-0.25, -0.2) is 4.39 Å². The molecular formula is C14H14BrClFNS. The van der Waals surface area contributed by atoms with Gasteiger partial charge in [-0.05, 0) is 51.6 Å². The third-order valence-electron chi connectivity index (χ3n) is 2.88. The summed E-state index contributed by atoms with van der Waals surface area (Å²) < 4.78 is 14.4. The number of hydrogen-bond donors (Lipinski definition) is 1. The molecule has 2 rings (SSSR count). The van der Waals surface area contributed by atoms with E-state index in [1.807, 2.05) is 6.07 Å². The van der Waals surface area contributed by atoms with Gasteiger partial charge in [0.1, 0.15) is 5.82 Å². The van der Waals surface area contributed by atoms with Crippen molar-refractivity contribution in [3.63, 3.8) is 0 Å². The molecule has 1 aromatic carbocycles. The fourth-order valence-corrected chi connectivity index (χ4v) is 3.69. The Bertz CT molecular complexity index is 558. The number of thiophene rings is 1. The number of likely N-dealkylation sites (N-methyl/N-ethyl adjacent to an activating group) is 1. The Hall–Kier alpha value is -0.420. The Morgan fingerprint density at radius 2 is 2.21 bits per heavy atom. The van der Waals surface area contributed by atoms with Crippen LogP contribution in [0.1, 0.15) is 23.4 Å². The molecule has 0 aliphatic heterocycles. The molecule has 1 unspecified atom stereocenters. The highest BCUT2D eigenvalue weighted by atomic mass is 79.9. The molecular weight excluding hydrogens is 349 g/mol. The van der Waals surface area contributed by atoms with Crippen molar-refractivity contribution in [2.24, 2.45) is 0 Å². The topological polar surface area (TPSA) is 12.0 Å². The molecule has 0 radical (unpaired) electrons. The van der Waals surface area contributed by atoms with Gasteiger partial charge in [0.25, 0.3) is 0 Å². The van der Waals surface area contributed by atoms with E-state index in [9.17, 15) is 4.39 Å². The van der Waals surface area contributed by atoms with Crippen LogP contribution in [0.4, 0.5) is 4.39 Å². The van der Waals surface area contributed by atoms with Crippen molar-refractivity contribution in [2.75, 3.05) is 6.54 Å². The molecule has 2 aromatic rings. The normalized spacial score (nSPS) is 12.6. The molecule has 0 saturated carbocycles. The van der Waals surface area contributed by atoms with Crippen molar-refractivity contribution in [1.82, 2.24) is 5.32 Å². The number of nitrogens with one attached hydrogen (secondary N) is 1. The maximum atomic E-state index is 13.2. The minimum absolute atomic E-state index is 0.137. The molecule has 5 heteroatoms. The SMILES string of the molecule is CCNC(Cc1sccc1Br)c1ccc(F)c(Cl)c1. The molecule has 102 valence electrons. The van der Waals surface area contributed by atoms with Crippen LogP contribution in [0.25, 0.3) is 0 Å². The third kappa shape index (κ3) is 3.78. The summed E-state index contributed by atoms with van der Waals surface area (Å²) in [5.41, 5.74) is 1.01. The van der Waals surface area contributed by atoms with Crippen LogP contribution in [0.2, 0.25) is 5.02 Å². The lowest BCUT2D eigenvalue weighted by molar-refractivity contribution is 0.550. The summed E-state index contributed by atoms with van der Waals surface area (Å²) in [6.07, 6.45) is 0.855. The fourth-order valence-electron chi connectivity index (χ4n) is 1.94.